The number of carbonyl (C=O) groups excluding carboxylic acids is 2. The van der Waals surface area contributed by atoms with E-state index in [2.05, 4.69) is 25.4 Å². The molecule has 0 saturated carbocycles. The van der Waals surface area contributed by atoms with Gasteiger partial charge in [0.2, 0.25) is 0 Å². The van der Waals surface area contributed by atoms with Gasteiger partial charge in [0.15, 0.2) is 0 Å². The van der Waals surface area contributed by atoms with Crippen LogP contribution in [0.3, 0.4) is 0 Å². The number of ether oxygens (including phenoxy) is 2. The lowest BCUT2D eigenvalue weighted by Gasteiger charge is -2.05. The molecule has 0 aliphatic rings. The zero-order valence-electron chi connectivity index (χ0n) is 6.79. The monoisotopic (exact) mass is 238 g/mol. The van der Waals surface area contributed by atoms with Gasteiger partial charge in [0.1, 0.15) is 4.83 Å². The Morgan fingerprint density at radius 2 is 2.33 bits per heavy atom. The summed E-state index contributed by atoms with van der Waals surface area (Å²) in [6.45, 7) is 0.726. The zero-order chi connectivity index (χ0) is 9.40. The van der Waals surface area contributed by atoms with Gasteiger partial charge in [-0.1, -0.05) is 15.9 Å². The normalized spacial score (nSPS) is 11.8. The molecule has 0 saturated heterocycles. The van der Waals surface area contributed by atoms with E-state index in [0.717, 1.165) is 0 Å². The lowest BCUT2D eigenvalue weighted by molar-refractivity contribution is -0.139. The Morgan fingerprint density at radius 3 is 2.83 bits per heavy atom. The molecule has 0 aromatic carbocycles. The highest BCUT2D eigenvalue weighted by atomic mass is 79.9. The summed E-state index contributed by atoms with van der Waals surface area (Å²) in [5.74, 6) is -0.305. The van der Waals surface area contributed by atoms with Gasteiger partial charge in [-0.25, -0.2) is 0 Å². The minimum Gasteiger partial charge on any atom is -0.468 e. The average molecular weight is 239 g/mol. The van der Waals surface area contributed by atoms with Gasteiger partial charge in [0, 0.05) is 0 Å². The molecule has 0 aromatic heterocycles. The molecule has 5 heteroatoms. The second-order valence-electron chi connectivity index (χ2n) is 2.10. The molecule has 12 heavy (non-hydrogen) atoms. The van der Waals surface area contributed by atoms with E-state index in [1.807, 2.05) is 0 Å². The average Bonchev–Trinajstić information content (AvgIpc) is 2.10. The fourth-order valence-corrected chi connectivity index (χ4v) is 1.15. The first-order chi connectivity index (χ1) is 5.72. The van der Waals surface area contributed by atoms with Crippen LogP contribution in [0.5, 0.6) is 0 Å². The number of alkyl halides is 1. The number of halogens is 1. The Balaban J connectivity index is 3.36. The quantitative estimate of drug-likeness (QED) is 0.299. The number of carbonyl (C=O) groups is 2. The first kappa shape index (κ1) is 11.4. The molecule has 1 atom stereocenters. The van der Waals surface area contributed by atoms with E-state index in [1.54, 1.807) is 0 Å². The largest absolute Gasteiger partial charge is 0.468 e. The summed E-state index contributed by atoms with van der Waals surface area (Å²) in [6.07, 6.45) is 1.24. The number of methoxy groups -OCH3 is 1. The minimum atomic E-state index is -0.308. The molecular weight excluding hydrogens is 228 g/mol. The van der Waals surface area contributed by atoms with Crippen molar-refractivity contribution in [1.82, 2.24) is 0 Å². The van der Waals surface area contributed by atoms with Gasteiger partial charge in [-0.05, 0) is 12.8 Å². The van der Waals surface area contributed by atoms with E-state index in [9.17, 15) is 9.59 Å². The van der Waals surface area contributed by atoms with Crippen LogP contribution in [0, 0.1) is 0 Å². The van der Waals surface area contributed by atoms with Gasteiger partial charge in [-0.3, -0.25) is 9.59 Å². The number of esters is 1. The molecule has 4 nitrogen and oxygen atoms in total. The van der Waals surface area contributed by atoms with Crippen molar-refractivity contribution >= 4 is 28.4 Å². The predicted molar refractivity (Wildman–Crippen MR) is 46.0 cm³/mol. The van der Waals surface area contributed by atoms with Crippen molar-refractivity contribution < 1.29 is 19.1 Å². The van der Waals surface area contributed by atoms with Gasteiger partial charge >= 0.3 is 5.97 Å². The van der Waals surface area contributed by atoms with Crippen molar-refractivity contribution in [1.29, 1.82) is 0 Å². The second-order valence-corrected chi connectivity index (χ2v) is 3.21. The summed E-state index contributed by atoms with van der Waals surface area (Å²) in [5.41, 5.74) is 0. The summed E-state index contributed by atoms with van der Waals surface area (Å²) in [7, 11) is 1.33. The Bertz CT molecular complexity index is 148. The first-order valence-corrected chi connectivity index (χ1v) is 4.41. The molecule has 70 valence electrons. The van der Waals surface area contributed by atoms with E-state index in [0.29, 0.717) is 25.9 Å². The maximum atomic E-state index is 10.8. The van der Waals surface area contributed by atoms with Crippen LogP contribution in [-0.4, -0.2) is 31.0 Å². The van der Waals surface area contributed by atoms with Gasteiger partial charge < -0.3 is 9.47 Å². The third-order valence-electron chi connectivity index (χ3n) is 1.24. The molecular formula is C7H11BrO4. The van der Waals surface area contributed by atoms with Gasteiger partial charge in [0.25, 0.3) is 6.47 Å². The molecule has 0 bridgehead atoms. The topological polar surface area (TPSA) is 52.6 Å². The molecule has 0 aliphatic carbocycles. The van der Waals surface area contributed by atoms with Crippen LogP contribution < -0.4 is 0 Å². The summed E-state index contributed by atoms with van der Waals surface area (Å²) in [5, 5.41) is 0. The highest BCUT2D eigenvalue weighted by Gasteiger charge is 2.13. The Morgan fingerprint density at radius 1 is 1.67 bits per heavy atom. The van der Waals surface area contributed by atoms with E-state index in [4.69, 9.17) is 0 Å². The predicted octanol–water partition coefficient (Wildman–Crippen LogP) is 0.876. The lowest BCUT2D eigenvalue weighted by atomic mass is 10.2. The van der Waals surface area contributed by atoms with Crippen molar-refractivity contribution in [2.75, 3.05) is 13.7 Å². The lowest BCUT2D eigenvalue weighted by Crippen LogP contribution is -2.15. The zero-order valence-corrected chi connectivity index (χ0v) is 8.37. The van der Waals surface area contributed by atoms with Crippen LogP contribution in [0.4, 0.5) is 0 Å². The molecule has 0 aliphatic heterocycles. The van der Waals surface area contributed by atoms with E-state index < -0.39 is 0 Å². The van der Waals surface area contributed by atoms with Crippen molar-refractivity contribution in [3.8, 4) is 0 Å². The van der Waals surface area contributed by atoms with Crippen molar-refractivity contribution in [3.63, 3.8) is 0 Å². The summed E-state index contributed by atoms with van der Waals surface area (Å²) < 4.78 is 8.92. The summed E-state index contributed by atoms with van der Waals surface area (Å²) in [4.78, 5) is 20.2. The smallest absolute Gasteiger partial charge is 0.319 e. The molecule has 0 amide bonds. The SMILES string of the molecule is COC(=O)[C@@H](Br)CCCOC=O. The van der Waals surface area contributed by atoms with Crippen molar-refractivity contribution in [3.05, 3.63) is 0 Å². The van der Waals surface area contributed by atoms with Crippen molar-refractivity contribution in [2.24, 2.45) is 0 Å². The highest BCUT2D eigenvalue weighted by Crippen LogP contribution is 2.09. The van der Waals surface area contributed by atoms with Gasteiger partial charge in [-0.2, -0.15) is 0 Å². The van der Waals surface area contributed by atoms with E-state index in [-0.39, 0.29) is 10.8 Å². The fourth-order valence-electron chi connectivity index (χ4n) is 0.640. The molecule has 0 aromatic rings. The molecule has 0 unspecified atom stereocenters. The number of hydrogen-bond acceptors (Lipinski definition) is 4. The Labute approximate surface area is 79.3 Å². The number of hydrogen-bond donors (Lipinski definition) is 0. The van der Waals surface area contributed by atoms with Crippen molar-refractivity contribution in [2.45, 2.75) is 17.7 Å². The second kappa shape index (κ2) is 7.09. The maximum absolute atomic E-state index is 10.8. The van der Waals surface area contributed by atoms with Crippen LogP contribution in [0.25, 0.3) is 0 Å². The first-order valence-electron chi connectivity index (χ1n) is 3.49. The molecule has 0 heterocycles. The van der Waals surface area contributed by atoms with Crippen LogP contribution in [0.2, 0.25) is 0 Å². The summed E-state index contributed by atoms with van der Waals surface area (Å²) >= 11 is 3.14. The molecule has 0 rings (SSSR count). The Kier molecular flexibility index (Phi) is 6.75. The van der Waals surface area contributed by atoms with Crippen LogP contribution in [0.15, 0.2) is 0 Å². The maximum Gasteiger partial charge on any atom is 0.319 e. The van der Waals surface area contributed by atoms with Gasteiger partial charge in [-0.15, -0.1) is 0 Å². The van der Waals surface area contributed by atoms with Crippen LogP contribution in [0.1, 0.15) is 12.8 Å². The van der Waals surface area contributed by atoms with E-state index in [1.165, 1.54) is 7.11 Å². The third-order valence-corrected chi connectivity index (χ3v) is 2.08. The van der Waals surface area contributed by atoms with Crippen LogP contribution >= 0.6 is 15.9 Å². The molecule has 0 spiro atoms. The third kappa shape index (κ3) is 5.12. The highest BCUT2D eigenvalue weighted by molar-refractivity contribution is 9.10. The van der Waals surface area contributed by atoms with E-state index >= 15 is 0 Å². The summed E-state index contributed by atoms with van der Waals surface area (Å²) in [6, 6.07) is 0. The minimum absolute atomic E-state index is 0.305. The molecule has 0 N–H and O–H groups in total. The molecule has 0 radical (unpaired) electrons. The standard InChI is InChI=1S/C7H11BrO4/c1-11-7(10)6(8)3-2-4-12-5-9/h5-6H,2-4H2,1H3/t6-/m0/s1. The Hall–Kier alpha value is -0.580. The van der Waals surface area contributed by atoms with Crippen LogP contribution in [-0.2, 0) is 19.1 Å². The van der Waals surface area contributed by atoms with Gasteiger partial charge in [0.05, 0.1) is 13.7 Å². The number of rotatable bonds is 6. The molecule has 0 fully saturated rings. The fraction of sp³-hybridized carbons (Fsp3) is 0.714.